The molecule has 1 aromatic heterocycles. The lowest BCUT2D eigenvalue weighted by Crippen LogP contribution is -2.45. The minimum atomic E-state index is -0.0928. The molecule has 0 aliphatic carbocycles. The third-order valence-corrected chi connectivity index (χ3v) is 3.38. The third kappa shape index (κ3) is 2.67. The number of benzene rings is 1. The SMILES string of the molecule is O=C(NC1CCCNC1)c1ccccc1-n1cnnn1. The minimum Gasteiger partial charge on any atom is -0.348 e. The Morgan fingerprint density at radius 2 is 2.30 bits per heavy atom. The molecule has 0 bridgehead atoms. The van der Waals surface area contributed by atoms with Crippen LogP contribution in [0, 0.1) is 0 Å². The summed E-state index contributed by atoms with van der Waals surface area (Å²) in [5.74, 6) is -0.0928. The van der Waals surface area contributed by atoms with Gasteiger partial charge in [0.25, 0.3) is 5.91 Å². The molecule has 1 amide bonds. The van der Waals surface area contributed by atoms with Crippen molar-refractivity contribution in [3.8, 4) is 5.69 Å². The van der Waals surface area contributed by atoms with E-state index in [0.29, 0.717) is 11.3 Å². The van der Waals surface area contributed by atoms with E-state index < -0.39 is 0 Å². The molecule has 1 unspecified atom stereocenters. The van der Waals surface area contributed by atoms with Crippen LogP contribution in [-0.4, -0.2) is 45.2 Å². The van der Waals surface area contributed by atoms with Gasteiger partial charge >= 0.3 is 0 Å². The van der Waals surface area contributed by atoms with Crippen LogP contribution in [0.25, 0.3) is 5.69 Å². The number of nitrogens with one attached hydrogen (secondary N) is 2. The van der Waals surface area contributed by atoms with Gasteiger partial charge in [-0.15, -0.1) is 5.10 Å². The average Bonchev–Trinajstić information content (AvgIpc) is 3.02. The number of nitrogens with zero attached hydrogens (tertiary/aromatic N) is 4. The largest absolute Gasteiger partial charge is 0.348 e. The Labute approximate surface area is 116 Å². The van der Waals surface area contributed by atoms with Crippen molar-refractivity contribution in [3.05, 3.63) is 36.2 Å². The molecular formula is C13H16N6O. The Balaban J connectivity index is 1.81. The second-order valence-corrected chi connectivity index (χ2v) is 4.79. The minimum absolute atomic E-state index is 0.0928. The molecule has 1 aliphatic heterocycles. The zero-order valence-corrected chi connectivity index (χ0v) is 11.0. The number of rotatable bonds is 3. The Morgan fingerprint density at radius 3 is 3.05 bits per heavy atom. The zero-order valence-electron chi connectivity index (χ0n) is 11.0. The molecule has 3 rings (SSSR count). The van der Waals surface area contributed by atoms with Crippen molar-refractivity contribution >= 4 is 5.91 Å². The lowest BCUT2D eigenvalue weighted by molar-refractivity contribution is 0.0930. The van der Waals surface area contributed by atoms with Gasteiger partial charge in [0.05, 0.1) is 11.3 Å². The number of hydrogen-bond acceptors (Lipinski definition) is 5. The summed E-state index contributed by atoms with van der Waals surface area (Å²) in [6, 6.07) is 7.48. The molecule has 1 aromatic carbocycles. The zero-order chi connectivity index (χ0) is 13.8. The topological polar surface area (TPSA) is 84.7 Å². The van der Waals surface area contributed by atoms with Crippen LogP contribution in [-0.2, 0) is 0 Å². The van der Waals surface area contributed by atoms with E-state index in [1.54, 1.807) is 6.07 Å². The summed E-state index contributed by atoms with van der Waals surface area (Å²) >= 11 is 0. The van der Waals surface area contributed by atoms with E-state index in [2.05, 4.69) is 26.2 Å². The van der Waals surface area contributed by atoms with Crippen LogP contribution in [0.1, 0.15) is 23.2 Å². The van der Waals surface area contributed by atoms with Crippen LogP contribution < -0.4 is 10.6 Å². The molecule has 7 heteroatoms. The van der Waals surface area contributed by atoms with E-state index in [0.717, 1.165) is 25.9 Å². The number of piperidine rings is 1. The van der Waals surface area contributed by atoms with Gasteiger partial charge in [0, 0.05) is 12.6 Å². The van der Waals surface area contributed by atoms with Gasteiger partial charge in [-0.2, -0.15) is 4.68 Å². The van der Waals surface area contributed by atoms with Crippen LogP contribution in [0.2, 0.25) is 0 Å². The molecule has 0 radical (unpaired) electrons. The third-order valence-electron chi connectivity index (χ3n) is 3.38. The highest BCUT2D eigenvalue weighted by atomic mass is 16.1. The molecule has 20 heavy (non-hydrogen) atoms. The molecule has 2 N–H and O–H groups in total. The van der Waals surface area contributed by atoms with Crippen molar-refractivity contribution in [1.29, 1.82) is 0 Å². The summed E-state index contributed by atoms with van der Waals surface area (Å²) < 4.78 is 1.49. The number of carbonyl (C=O) groups excluding carboxylic acids is 1. The van der Waals surface area contributed by atoms with Gasteiger partial charge in [-0.05, 0) is 41.9 Å². The fourth-order valence-electron chi connectivity index (χ4n) is 2.38. The maximum Gasteiger partial charge on any atom is 0.253 e. The van der Waals surface area contributed by atoms with E-state index in [1.807, 2.05) is 18.2 Å². The Bertz CT molecular complexity index is 576. The van der Waals surface area contributed by atoms with Gasteiger partial charge in [-0.1, -0.05) is 12.1 Å². The first-order chi connectivity index (χ1) is 9.84. The normalized spacial score (nSPS) is 18.7. The fourth-order valence-corrected chi connectivity index (χ4v) is 2.38. The average molecular weight is 272 g/mol. The molecule has 2 aromatic rings. The number of aromatic nitrogens is 4. The number of para-hydroxylation sites is 1. The van der Waals surface area contributed by atoms with Crippen LogP contribution in [0.4, 0.5) is 0 Å². The van der Waals surface area contributed by atoms with Crippen molar-refractivity contribution in [3.63, 3.8) is 0 Å². The molecule has 1 saturated heterocycles. The second-order valence-electron chi connectivity index (χ2n) is 4.79. The number of carbonyl (C=O) groups is 1. The standard InChI is InChI=1S/C13H16N6O/c20-13(16-10-4-3-7-14-8-10)11-5-1-2-6-12(11)19-9-15-17-18-19/h1-2,5-6,9-10,14H,3-4,7-8H2,(H,16,20). The first kappa shape index (κ1) is 12.7. The molecule has 1 aliphatic rings. The van der Waals surface area contributed by atoms with Crippen molar-refractivity contribution < 1.29 is 4.79 Å². The predicted octanol–water partition coefficient (Wildman–Crippen LogP) is 0.144. The molecule has 1 fully saturated rings. The molecule has 0 spiro atoms. The van der Waals surface area contributed by atoms with E-state index in [1.165, 1.54) is 11.0 Å². The first-order valence-corrected chi connectivity index (χ1v) is 6.68. The summed E-state index contributed by atoms with van der Waals surface area (Å²) in [5.41, 5.74) is 1.25. The van der Waals surface area contributed by atoms with Gasteiger partial charge in [-0.3, -0.25) is 4.79 Å². The van der Waals surface area contributed by atoms with Gasteiger partial charge in [-0.25, -0.2) is 0 Å². The van der Waals surface area contributed by atoms with Gasteiger partial charge in [0.2, 0.25) is 0 Å². The molecule has 2 heterocycles. The van der Waals surface area contributed by atoms with Gasteiger partial charge < -0.3 is 10.6 Å². The summed E-state index contributed by atoms with van der Waals surface area (Å²) in [7, 11) is 0. The number of amides is 1. The van der Waals surface area contributed by atoms with Crippen molar-refractivity contribution in [2.24, 2.45) is 0 Å². The van der Waals surface area contributed by atoms with Crippen molar-refractivity contribution in [2.75, 3.05) is 13.1 Å². The lowest BCUT2D eigenvalue weighted by Gasteiger charge is -2.24. The highest BCUT2D eigenvalue weighted by molar-refractivity contribution is 5.97. The molecular weight excluding hydrogens is 256 g/mol. The Morgan fingerprint density at radius 1 is 1.40 bits per heavy atom. The number of hydrogen-bond donors (Lipinski definition) is 2. The van der Waals surface area contributed by atoms with E-state index in [4.69, 9.17) is 0 Å². The second kappa shape index (κ2) is 5.79. The summed E-state index contributed by atoms with van der Waals surface area (Å²) in [6.45, 7) is 1.84. The number of tetrazole rings is 1. The fraction of sp³-hybridized carbons (Fsp3) is 0.385. The summed E-state index contributed by atoms with van der Waals surface area (Å²) in [6.07, 6.45) is 3.57. The molecule has 1 atom stereocenters. The highest BCUT2D eigenvalue weighted by Crippen LogP contribution is 2.13. The van der Waals surface area contributed by atoms with Crippen LogP contribution in [0.5, 0.6) is 0 Å². The monoisotopic (exact) mass is 272 g/mol. The molecule has 0 saturated carbocycles. The van der Waals surface area contributed by atoms with Gasteiger partial charge in [0.1, 0.15) is 6.33 Å². The highest BCUT2D eigenvalue weighted by Gasteiger charge is 2.18. The molecule has 104 valence electrons. The molecule has 7 nitrogen and oxygen atoms in total. The van der Waals surface area contributed by atoms with Gasteiger partial charge in [0.15, 0.2) is 0 Å². The van der Waals surface area contributed by atoms with Crippen molar-refractivity contribution in [2.45, 2.75) is 18.9 Å². The van der Waals surface area contributed by atoms with E-state index in [-0.39, 0.29) is 11.9 Å². The predicted molar refractivity (Wildman–Crippen MR) is 72.5 cm³/mol. The summed E-state index contributed by atoms with van der Waals surface area (Å²) in [4.78, 5) is 12.4. The van der Waals surface area contributed by atoms with Crippen molar-refractivity contribution in [1.82, 2.24) is 30.8 Å². The first-order valence-electron chi connectivity index (χ1n) is 6.68. The van der Waals surface area contributed by atoms with Crippen LogP contribution >= 0.6 is 0 Å². The maximum absolute atomic E-state index is 12.4. The maximum atomic E-state index is 12.4. The quantitative estimate of drug-likeness (QED) is 0.830. The van der Waals surface area contributed by atoms with E-state index in [9.17, 15) is 4.79 Å². The smallest absolute Gasteiger partial charge is 0.253 e. The van der Waals surface area contributed by atoms with E-state index >= 15 is 0 Å². The van der Waals surface area contributed by atoms with Crippen LogP contribution in [0.3, 0.4) is 0 Å². The Hall–Kier alpha value is -2.28. The van der Waals surface area contributed by atoms with Crippen LogP contribution in [0.15, 0.2) is 30.6 Å². The summed E-state index contributed by atoms with van der Waals surface area (Å²) in [5, 5.41) is 17.4. The lowest BCUT2D eigenvalue weighted by atomic mass is 10.1. The Kier molecular flexibility index (Phi) is 3.69.